The van der Waals surface area contributed by atoms with Gasteiger partial charge in [-0.2, -0.15) is 0 Å². The van der Waals surface area contributed by atoms with Crippen LogP contribution in [0.2, 0.25) is 0 Å². The second-order valence-electron chi connectivity index (χ2n) is 7.44. The SMILES string of the molecule is Cc1cccc(C[C@H](C)NC(=O)Nc2ccc(CC(=O)N3CCCC3)cc2)n1. The van der Waals surface area contributed by atoms with Crippen LogP contribution in [0.25, 0.3) is 0 Å². The summed E-state index contributed by atoms with van der Waals surface area (Å²) in [4.78, 5) is 30.8. The molecule has 0 bridgehead atoms. The van der Waals surface area contributed by atoms with Gasteiger partial charge >= 0.3 is 6.03 Å². The zero-order chi connectivity index (χ0) is 19.9. The van der Waals surface area contributed by atoms with Gasteiger partial charge in [0.15, 0.2) is 0 Å². The molecular weight excluding hydrogens is 352 g/mol. The Kier molecular flexibility index (Phi) is 6.63. The highest BCUT2D eigenvalue weighted by Crippen LogP contribution is 2.14. The Morgan fingerprint density at radius 1 is 1.11 bits per heavy atom. The highest BCUT2D eigenvalue weighted by molar-refractivity contribution is 5.89. The van der Waals surface area contributed by atoms with Crippen molar-refractivity contribution in [1.29, 1.82) is 0 Å². The van der Waals surface area contributed by atoms with E-state index >= 15 is 0 Å². The molecule has 2 N–H and O–H groups in total. The maximum absolute atomic E-state index is 12.2. The summed E-state index contributed by atoms with van der Waals surface area (Å²) in [6, 6.07) is 13.1. The minimum atomic E-state index is -0.249. The quantitative estimate of drug-likeness (QED) is 0.807. The van der Waals surface area contributed by atoms with Crippen LogP contribution >= 0.6 is 0 Å². The summed E-state index contributed by atoms with van der Waals surface area (Å²) in [5, 5.41) is 5.77. The highest BCUT2D eigenvalue weighted by Gasteiger charge is 2.17. The van der Waals surface area contributed by atoms with Crippen molar-refractivity contribution < 1.29 is 9.59 Å². The van der Waals surface area contributed by atoms with E-state index in [4.69, 9.17) is 0 Å². The summed E-state index contributed by atoms with van der Waals surface area (Å²) >= 11 is 0. The molecule has 1 saturated heterocycles. The van der Waals surface area contributed by atoms with Crippen LogP contribution < -0.4 is 10.6 Å². The molecule has 6 heteroatoms. The third-order valence-electron chi connectivity index (χ3n) is 4.86. The first-order chi connectivity index (χ1) is 13.5. The number of hydrogen-bond donors (Lipinski definition) is 2. The maximum atomic E-state index is 12.2. The molecule has 1 aliphatic heterocycles. The molecule has 2 heterocycles. The average Bonchev–Trinajstić information content (AvgIpc) is 3.18. The first-order valence-corrected chi connectivity index (χ1v) is 9.86. The summed E-state index contributed by atoms with van der Waals surface area (Å²) < 4.78 is 0. The van der Waals surface area contributed by atoms with E-state index in [2.05, 4.69) is 15.6 Å². The summed E-state index contributed by atoms with van der Waals surface area (Å²) in [7, 11) is 0. The summed E-state index contributed by atoms with van der Waals surface area (Å²) in [6.07, 6.45) is 3.28. The van der Waals surface area contributed by atoms with Gasteiger partial charge < -0.3 is 15.5 Å². The van der Waals surface area contributed by atoms with Crippen molar-refractivity contribution in [1.82, 2.24) is 15.2 Å². The van der Waals surface area contributed by atoms with E-state index in [1.807, 2.05) is 61.2 Å². The predicted octanol–water partition coefficient (Wildman–Crippen LogP) is 3.31. The molecule has 28 heavy (non-hydrogen) atoms. The second kappa shape index (κ2) is 9.35. The summed E-state index contributed by atoms with van der Waals surface area (Å²) in [5.74, 6) is 0.175. The van der Waals surface area contributed by atoms with E-state index in [1.165, 1.54) is 0 Å². The molecule has 1 aromatic heterocycles. The Labute approximate surface area is 166 Å². The number of urea groups is 1. The topological polar surface area (TPSA) is 74.3 Å². The molecule has 1 aromatic carbocycles. The van der Waals surface area contributed by atoms with Crippen molar-refractivity contribution in [2.45, 2.75) is 45.6 Å². The maximum Gasteiger partial charge on any atom is 0.319 e. The first kappa shape index (κ1) is 19.9. The fraction of sp³-hybridized carbons (Fsp3) is 0.409. The van der Waals surface area contributed by atoms with Crippen molar-refractivity contribution >= 4 is 17.6 Å². The van der Waals surface area contributed by atoms with E-state index < -0.39 is 0 Å². The zero-order valence-electron chi connectivity index (χ0n) is 16.6. The number of pyridine rings is 1. The third kappa shape index (κ3) is 5.81. The lowest BCUT2D eigenvalue weighted by Crippen LogP contribution is -2.37. The molecular formula is C22H28N4O2. The van der Waals surface area contributed by atoms with E-state index in [-0.39, 0.29) is 18.0 Å². The number of aryl methyl sites for hydroxylation is 1. The second-order valence-corrected chi connectivity index (χ2v) is 7.44. The highest BCUT2D eigenvalue weighted by atomic mass is 16.2. The Hall–Kier alpha value is -2.89. The van der Waals surface area contributed by atoms with Crippen molar-refractivity contribution in [2.24, 2.45) is 0 Å². The number of amides is 3. The van der Waals surface area contributed by atoms with Crippen LogP contribution in [-0.2, 0) is 17.6 Å². The number of nitrogens with one attached hydrogen (secondary N) is 2. The lowest BCUT2D eigenvalue weighted by Gasteiger charge is -2.16. The molecule has 3 rings (SSSR count). The molecule has 0 spiro atoms. The van der Waals surface area contributed by atoms with Crippen molar-refractivity contribution in [3.63, 3.8) is 0 Å². The lowest BCUT2D eigenvalue weighted by molar-refractivity contribution is -0.129. The van der Waals surface area contributed by atoms with Gasteiger partial charge in [0, 0.05) is 42.6 Å². The van der Waals surface area contributed by atoms with Gasteiger partial charge in [0.05, 0.1) is 6.42 Å². The predicted molar refractivity (Wildman–Crippen MR) is 110 cm³/mol. The van der Waals surface area contributed by atoms with Gasteiger partial charge in [0.1, 0.15) is 0 Å². The number of carbonyl (C=O) groups excluding carboxylic acids is 2. The minimum absolute atomic E-state index is 0.0355. The molecule has 2 aromatic rings. The van der Waals surface area contributed by atoms with Crippen molar-refractivity contribution in [3.05, 3.63) is 59.4 Å². The Morgan fingerprint density at radius 3 is 2.50 bits per heavy atom. The number of rotatable bonds is 6. The van der Waals surface area contributed by atoms with Gasteiger partial charge in [-0.1, -0.05) is 18.2 Å². The van der Waals surface area contributed by atoms with Crippen LogP contribution in [0.3, 0.4) is 0 Å². The number of hydrogen-bond acceptors (Lipinski definition) is 3. The Morgan fingerprint density at radius 2 is 1.82 bits per heavy atom. The van der Waals surface area contributed by atoms with Gasteiger partial charge in [-0.3, -0.25) is 9.78 Å². The van der Waals surface area contributed by atoms with Gasteiger partial charge in [0.2, 0.25) is 5.91 Å². The standard InChI is InChI=1S/C22H28N4O2/c1-16-6-5-7-20(23-16)14-17(2)24-22(28)25-19-10-8-18(9-11-19)15-21(27)26-12-3-4-13-26/h5-11,17H,3-4,12-15H2,1-2H3,(H2,24,25,28)/t17-/m0/s1. The Balaban J connectivity index is 1.46. The third-order valence-corrected chi connectivity index (χ3v) is 4.86. The van der Waals surface area contributed by atoms with Crippen LogP contribution in [0.15, 0.2) is 42.5 Å². The fourth-order valence-electron chi connectivity index (χ4n) is 3.43. The van der Waals surface area contributed by atoms with E-state index in [0.29, 0.717) is 18.5 Å². The molecule has 3 amide bonds. The molecule has 0 unspecified atom stereocenters. The average molecular weight is 380 g/mol. The van der Waals surface area contributed by atoms with E-state index in [0.717, 1.165) is 42.9 Å². The number of anilines is 1. The smallest absolute Gasteiger partial charge is 0.319 e. The monoisotopic (exact) mass is 380 g/mol. The molecule has 0 aliphatic carbocycles. The summed E-state index contributed by atoms with van der Waals surface area (Å²) in [5.41, 5.74) is 3.59. The van der Waals surface area contributed by atoms with Gasteiger partial charge in [-0.05, 0) is 56.5 Å². The van der Waals surface area contributed by atoms with E-state index in [9.17, 15) is 9.59 Å². The molecule has 1 aliphatic rings. The van der Waals surface area contributed by atoms with Crippen LogP contribution in [0, 0.1) is 6.92 Å². The van der Waals surface area contributed by atoms with Gasteiger partial charge in [-0.25, -0.2) is 4.79 Å². The molecule has 6 nitrogen and oxygen atoms in total. The van der Waals surface area contributed by atoms with Crippen LogP contribution in [0.1, 0.15) is 36.7 Å². The van der Waals surface area contributed by atoms with Gasteiger partial charge in [-0.15, -0.1) is 0 Å². The van der Waals surface area contributed by atoms with E-state index in [1.54, 1.807) is 0 Å². The lowest BCUT2D eigenvalue weighted by atomic mass is 10.1. The van der Waals surface area contributed by atoms with Crippen molar-refractivity contribution in [2.75, 3.05) is 18.4 Å². The van der Waals surface area contributed by atoms with Gasteiger partial charge in [0.25, 0.3) is 0 Å². The largest absolute Gasteiger partial charge is 0.342 e. The first-order valence-electron chi connectivity index (χ1n) is 9.86. The van der Waals surface area contributed by atoms with Crippen LogP contribution in [-0.4, -0.2) is 41.0 Å². The van der Waals surface area contributed by atoms with Crippen LogP contribution in [0.5, 0.6) is 0 Å². The molecule has 0 saturated carbocycles. The minimum Gasteiger partial charge on any atom is -0.342 e. The number of nitrogens with zero attached hydrogens (tertiary/aromatic N) is 2. The molecule has 148 valence electrons. The van der Waals surface area contributed by atoms with Crippen molar-refractivity contribution in [3.8, 4) is 0 Å². The molecule has 0 radical (unpaired) electrons. The number of likely N-dealkylation sites (tertiary alicyclic amines) is 1. The number of aromatic nitrogens is 1. The summed E-state index contributed by atoms with van der Waals surface area (Å²) in [6.45, 7) is 5.65. The molecule has 1 atom stereocenters. The number of benzene rings is 1. The molecule has 1 fully saturated rings. The number of carbonyl (C=O) groups is 2. The fourth-order valence-corrected chi connectivity index (χ4v) is 3.43. The Bertz CT molecular complexity index is 814. The normalized spacial score (nSPS) is 14.6. The zero-order valence-corrected chi connectivity index (χ0v) is 16.6. The van der Waals surface area contributed by atoms with Crippen LogP contribution in [0.4, 0.5) is 10.5 Å².